The predicted molar refractivity (Wildman–Crippen MR) is 31.8 cm³/mol. The molecule has 1 N–H and O–H groups in total. The van der Waals surface area contributed by atoms with Crippen LogP contribution < -0.4 is 0 Å². The maximum absolute atomic E-state index is 8.92. The molecule has 1 rings (SSSR count). The highest BCUT2D eigenvalue weighted by atomic mass is 16.3. The number of hydrogen-bond acceptors (Lipinski definition) is 1. The molecule has 1 aromatic heterocycles. The molecule has 0 aliphatic carbocycles. The SMILES string of the molecule is Cc1c(O)ccn1C. The largest absolute Gasteiger partial charge is 0.506 e. The van der Waals surface area contributed by atoms with E-state index in [2.05, 4.69) is 0 Å². The Bertz CT molecular complexity index is 171. The first-order valence-corrected chi connectivity index (χ1v) is 2.52. The summed E-state index contributed by atoms with van der Waals surface area (Å²) in [5, 5.41) is 8.92. The van der Waals surface area contributed by atoms with Gasteiger partial charge in [0.25, 0.3) is 0 Å². The molecule has 0 bridgehead atoms. The zero-order chi connectivity index (χ0) is 6.15. The van der Waals surface area contributed by atoms with E-state index in [4.69, 9.17) is 5.11 Å². The number of aromatic hydroxyl groups is 1. The first-order valence-electron chi connectivity index (χ1n) is 2.52. The van der Waals surface area contributed by atoms with E-state index in [1.165, 1.54) is 0 Å². The Hall–Kier alpha value is -0.920. The van der Waals surface area contributed by atoms with Crippen LogP contribution in [-0.2, 0) is 7.05 Å². The minimum absolute atomic E-state index is 0.368. The van der Waals surface area contributed by atoms with Crippen LogP contribution in [0.2, 0.25) is 0 Å². The number of hydrogen-bond donors (Lipinski definition) is 1. The summed E-state index contributed by atoms with van der Waals surface area (Å²) in [5.74, 6) is 0.368. The molecular formula is C6H9NO. The van der Waals surface area contributed by atoms with Gasteiger partial charge in [-0.3, -0.25) is 0 Å². The molecule has 0 spiro atoms. The van der Waals surface area contributed by atoms with Crippen molar-refractivity contribution in [1.29, 1.82) is 0 Å². The molecule has 0 radical (unpaired) electrons. The van der Waals surface area contributed by atoms with Gasteiger partial charge in [0.2, 0.25) is 0 Å². The Morgan fingerprint density at radius 1 is 1.62 bits per heavy atom. The van der Waals surface area contributed by atoms with Crippen LogP contribution in [0.3, 0.4) is 0 Å². The van der Waals surface area contributed by atoms with Crippen LogP contribution in [0.5, 0.6) is 5.75 Å². The van der Waals surface area contributed by atoms with Crippen LogP contribution in [0.1, 0.15) is 5.69 Å². The van der Waals surface area contributed by atoms with Gasteiger partial charge in [0, 0.05) is 13.2 Å². The second kappa shape index (κ2) is 1.54. The Kier molecular flexibility index (Phi) is 1.01. The minimum atomic E-state index is 0.368. The number of aromatic nitrogens is 1. The van der Waals surface area contributed by atoms with Crippen LogP contribution in [0.4, 0.5) is 0 Å². The van der Waals surface area contributed by atoms with Crippen molar-refractivity contribution in [2.45, 2.75) is 6.92 Å². The fraction of sp³-hybridized carbons (Fsp3) is 0.333. The van der Waals surface area contributed by atoms with Gasteiger partial charge in [0.05, 0.1) is 5.69 Å². The number of aryl methyl sites for hydroxylation is 1. The molecule has 2 heteroatoms. The van der Waals surface area contributed by atoms with Crippen LogP contribution in [0.15, 0.2) is 12.3 Å². The van der Waals surface area contributed by atoms with E-state index in [1.54, 1.807) is 6.07 Å². The molecular weight excluding hydrogens is 102 g/mol. The first-order chi connectivity index (χ1) is 3.72. The molecule has 0 fully saturated rings. The topological polar surface area (TPSA) is 25.2 Å². The molecule has 0 atom stereocenters. The quantitative estimate of drug-likeness (QED) is 0.531. The molecule has 0 aliphatic rings. The second-order valence-electron chi connectivity index (χ2n) is 1.90. The Labute approximate surface area is 48.4 Å². The Morgan fingerprint density at radius 3 is 2.38 bits per heavy atom. The summed E-state index contributed by atoms with van der Waals surface area (Å²) in [5.41, 5.74) is 0.907. The highest BCUT2D eigenvalue weighted by molar-refractivity contribution is 5.25. The van der Waals surface area contributed by atoms with Crippen LogP contribution in [0, 0.1) is 6.92 Å². The predicted octanol–water partition coefficient (Wildman–Crippen LogP) is 1.04. The van der Waals surface area contributed by atoms with Gasteiger partial charge in [-0.25, -0.2) is 0 Å². The van der Waals surface area contributed by atoms with Crippen molar-refractivity contribution in [3.63, 3.8) is 0 Å². The maximum Gasteiger partial charge on any atom is 0.136 e. The zero-order valence-corrected chi connectivity index (χ0v) is 5.05. The fourth-order valence-corrected chi connectivity index (χ4v) is 0.595. The third-order valence-electron chi connectivity index (χ3n) is 1.36. The van der Waals surface area contributed by atoms with E-state index >= 15 is 0 Å². The number of nitrogens with zero attached hydrogens (tertiary/aromatic N) is 1. The van der Waals surface area contributed by atoms with Gasteiger partial charge < -0.3 is 9.67 Å². The Morgan fingerprint density at radius 2 is 2.25 bits per heavy atom. The summed E-state index contributed by atoms with van der Waals surface area (Å²) in [6.45, 7) is 1.87. The molecule has 0 amide bonds. The summed E-state index contributed by atoms with van der Waals surface area (Å²) in [4.78, 5) is 0. The van der Waals surface area contributed by atoms with E-state index in [0.717, 1.165) is 5.69 Å². The van der Waals surface area contributed by atoms with Gasteiger partial charge in [-0.1, -0.05) is 0 Å². The monoisotopic (exact) mass is 111 g/mol. The van der Waals surface area contributed by atoms with Gasteiger partial charge in [-0.2, -0.15) is 0 Å². The van der Waals surface area contributed by atoms with Crippen LogP contribution in [0.25, 0.3) is 0 Å². The van der Waals surface area contributed by atoms with E-state index < -0.39 is 0 Å². The second-order valence-corrected chi connectivity index (χ2v) is 1.90. The van der Waals surface area contributed by atoms with Gasteiger partial charge in [0.1, 0.15) is 5.75 Å². The summed E-state index contributed by atoms with van der Waals surface area (Å²) in [6.07, 6.45) is 1.82. The molecule has 44 valence electrons. The zero-order valence-electron chi connectivity index (χ0n) is 5.05. The standard InChI is InChI=1S/C6H9NO/c1-5-6(8)3-4-7(5)2/h3-4,8H,1-2H3. The highest BCUT2D eigenvalue weighted by Gasteiger charge is 1.95. The van der Waals surface area contributed by atoms with Crippen molar-refractivity contribution in [2.75, 3.05) is 0 Å². The summed E-state index contributed by atoms with van der Waals surface area (Å²) in [7, 11) is 1.90. The van der Waals surface area contributed by atoms with Crippen molar-refractivity contribution in [2.24, 2.45) is 7.05 Å². The molecule has 1 aromatic rings. The molecule has 0 aromatic carbocycles. The fourth-order valence-electron chi connectivity index (χ4n) is 0.595. The maximum atomic E-state index is 8.92. The van der Waals surface area contributed by atoms with Crippen molar-refractivity contribution in [3.05, 3.63) is 18.0 Å². The smallest absolute Gasteiger partial charge is 0.136 e. The van der Waals surface area contributed by atoms with Crippen LogP contribution >= 0.6 is 0 Å². The van der Waals surface area contributed by atoms with Gasteiger partial charge >= 0.3 is 0 Å². The van der Waals surface area contributed by atoms with Crippen molar-refractivity contribution in [3.8, 4) is 5.75 Å². The molecule has 0 saturated heterocycles. The lowest BCUT2D eigenvalue weighted by Gasteiger charge is -1.92. The molecule has 2 nitrogen and oxygen atoms in total. The lowest BCUT2D eigenvalue weighted by molar-refractivity contribution is 0.469. The molecule has 1 heterocycles. The van der Waals surface area contributed by atoms with Gasteiger partial charge in [-0.05, 0) is 13.0 Å². The van der Waals surface area contributed by atoms with Gasteiger partial charge in [0.15, 0.2) is 0 Å². The normalized spacial score (nSPS) is 9.75. The van der Waals surface area contributed by atoms with Crippen molar-refractivity contribution >= 4 is 0 Å². The van der Waals surface area contributed by atoms with Crippen LogP contribution in [-0.4, -0.2) is 9.67 Å². The summed E-state index contributed by atoms with van der Waals surface area (Å²) >= 11 is 0. The first kappa shape index (κ1) is 5.22. The molecule has 0 unspecified atom stereocenters. The summed E-state index contributed by atoms with van der Waals surface area (Å²) < 4.78 is 1.87. The van der Waals surface area contributed by atoms with E-state index in [0.29, 0.717) is 5.75 Å². The lowest BCUT2D eigenvalue weighted by atomic mass is 10.4. The van der Waals surface area contributed by atoms with E-state index in [-0.39, 0.29) is 0 Å². The summed E-state index contributed by atoms with van der Waals surface area (Å²) in [6, 6.07) is 1.68. The van der Waals surface area contributed by atoms with Crippen molar-refractivity contribution < 1.29 is 5.11 Å². The third-order valence-corrected chi connectivity index (χ3v) is 1.36. The van der Waals surface area contributed by atoms with E-state index in [1.807, 2.05) is 24.7 Å². The minimum Gasteiger partial charge on any atom is -0.506 e. The lowest BCUT2D eigenvalue weighted by Crippen LogP contribution is -1.85. The average Bonchev–Trinajstić information content (AvgIpc) is 1.98. The van der Waals surface area contributed by atoms with Crippen molar-refractivity contribution in [1.82, 2.24) is 4.57 Å². The highest BCUT2D eigenvalue weighted by Crippen LogP contribution is 2.13. The van der Waals surface area contributed by atoms with Gasteiger partial charge in [-0.15, -0.1) is 0 Å². The molecule has 8 heavy (non-hydrogen) atoms. The van der Waals surface area contributed by atoms with E-state index in [9.17, 15) is 0 Å². The number of rotatable bonds is 0. The molecule has 0 saturated carbocycles. The Balaban J connectivity index is 3.19. The molecule has 0 aliphatic heterocycles. The third kappa shape index (κ3) is 0.579. The average molecular weight is 111 g/mol.